The molecule has 2 aliphatic heterocycles. The van der Waals surface area contributed by atoms with Gasteiger partial charge < -0.3 is 14.8 Å². The molecular weight excluding hydrogens is 440 g/mol. The summed E-state index contributed by atoms with van der Waals surface area (Å²) in [5.41, 5.74) is 4.30. The summed E-state index contributed by atoms with van der Waals surface area (Å²) in [4.78, 5) is 27.6. The lowest BCUT2D eigenvalue weighted by Crippen LogP contribution is -2.36. The van der Waals surface area contributed by atoms with Gasteiger partial charge in [-0.1, -0.05) is 54.1 Å². The number of carbonyl (C=O) groups excluding carboxylic acids is 2. The number of ether oxygens (including phenoxy) is 2. The third-order valence-corrected chi connectivity index (χ3v) is 6.28. The Morgan fingerprint density at radius 3 is 2.57 bits per heavy atom. The number of anilines is 1. The van der Waals surface area contributed by atoms with E-state index in [2.05, 4.69) is 5.32 Å². The molecule has 3 aromatic carbocycles. The third-order valence-electron chi connectivity index (χ3n) is 6.28. The van der Waals surface area contributed by atoms with Gasteiger partial charge in [-0.2, -0.15) is 0 Å². The number of nitrogens with one attached hydrogen (secondary N) is 1. The fraction of sp³-hybridized carbons (Fsp3) is 0.241. The van der Waals surface area contributed by atoms with Crippen LogP contribution in [0.5, 0.6) is 5.75 Å². The molecule has 0 radical (unpaired) electrons. The van der Waals surface area contributed by atoms with Gasteiger partial charge in [-0.15, -0.1) is 0 Å². The van der Waals surface area contributed by atoms with Gasteiger partial charge in [0.25, 0.3) is 11.8 Å². The molecule has 2 aliphatic rings. The van der Waals surface area contributed by atoms with Gasteiger partial charge in [-0.3, -0.25) is 14.5 Å². The molecule has 0 aromatic heterocycles. The summed E-state index contributed by atoms with van der Waals surface area (Å²) >= 11 is 0. The number of rotatable bonds is 6. The Bertz CT molecular complexity index is 1240. The van der Waals surface area contributed by atoms with Gasteiger partial charge in [0, 0.05) is 18.7 Å². The highest BCUT2D eigenvalue weighted by Gasteiger charge is 2.30. The molecule has 6 nitrogen and oxygen atoms in total. The Morgan fingerprint density at radius 2 is 1.83 bits per heavy atom. The van der Waals surface area contributed by atoms with Crippen LogP contribution in [0.3, 0.4) is 0 Å². The van der Waals surface area contributed by atoms with Gasteiger partial charge in [-0.05, 0) is 61.2 Å². The van der Waals surface area contributed by atoms with Crippen molar-refractivity contribution < 1.29 is 19.1 Å². The minimum Gasteiger partial charge on any atom is -0.449 e. The molecule has 0 saturated carbocycles. The molecule has 1 fully saturated rings. The maximum absolute atomic E-state index is 13.4. The average Bonchev–Trinajstić information content (AvgIpc) is 3.40. The van der Waals surface area contributed by atoms with Gasteiger partial charge in [-0.25, -0.2) is 0 Å². The number of fused-ring (bicyclic) bond motifs is 1. The van der Waals surface area contributed by atoms with Crippen LogP contribution in [0, 0.1) is 6.92 Å². The van der Waals surface area contributed by atoms with Crippen LogP contribution in [0.25, 0.3) is 6.08 Å². The van der Waals surface area contributed by atoms with Crippen LogP contribution in [0.15, 0.2) is 78.6 Å². The quantitative estimate of drug-likeness (QED) is 0.524. The summed E-state index contributed by atoms with van der Waals surface area (Å²) < 4.78 is 11.5. The van der Waals surface area contributed by atoms with E-state index in [4.69, 9.17) is 9.47 Å². The van der Waals surface area contributed by atoms with Crippen molar-refractivity contribution in [2.45, 2.75) is 32.4 Å². The smallest absolute Gasteiger partial charge is 0.294 e. The van der Waals surface area contributed by atoms with Gasteiger partial charge in [0.05, 0.1) is 18.3 Å². The molecule has 0 spiro atoms. The normalized spacial score (nSPS) is 18.3. The molecule has 0 aliphatic carbocycles. The zero-order valence-electron chi connectivity index (χ0n) is 19.7. The van der Waals surface area contributed by atoms with Gasteiger partial charge in [0.2, 0.25) is 0 Å². The van der Waals surface area contributed by atoms with Crippen LogP contribution in [-0.4, -0.2) is 31.1 Å². The lowest BCUT2D eigenvalue weighted by molar-refractivity contribution is -0.117. The monoisotopic (exact) mass is 468 g/mol. The summed E-state index contributed by atoms with van der Waals surface area (Å²) in [5.74, 6) is 0.535. The lowest BCUT2D eigenvalue weighted by Gasteiger charge is -2.30. The van der Waals surface area contributed by atoms with Crippen molar-refractivity contribution in [2.24, 2.45) is 0 Å². The van der Waals surface area contributed by atoms with E-state index in [9.17, 15) is 9.59 Å². The second kappa shape index (κ2) is 10.2. The highest BCUT2D eigenvalue weighted by Crippen LogP contribution is 2.36. The molecule has 6 heteroatoms. The van der Waals surface area contributed by atoms with Gasteiger partial charge >= 0.3 is 0 Å². The molecule has 1 atom stereocenters. The van der Waals surface area contributed by atoms with E-state index in [0.29, 0.717) is 24.4 Å². The zero-order valence-corrected chi connectivity index (χ0v) is 19.7. The predicted octanol–water partition coefficient (Wildman–Crippen LogP) is 4.87. The average molecular weight is 469 g/mol. The van der Waals surface area contributed by atoms with Crippen LogP contribution >= 0.6 is 0 Å². The summed E-state index contributed by atoms with van der Waals surface area (Å²) in [6.45, 7) is 3.76. The topological polar surface area (TPSA) is 67.9 Å². The van der Waals surface area contributed by atoms with E-state index in [1.165, 1.54) is 5.56 Å². The Balaban J connectivity index is 1.33. The first-order valence-corrected chi connectivity index (χ1v) is 11.9. The van der Waals surface area contributed by atoms with Crippen molar-refractivity contribution in [1.82, 2.24) is 5.32 Å². The van der Waals surface area contributed by atoms with E-state index >= 15 is 0 Å². The number of hydrogen-bond acceptors (Lipinski definition) is 4. The fourth-order valence-corrected chi connectivity index (χ4v) is 4.29. The highest BCUT2D eigenvalue weighted by atomic mass is 16.5. The molecule has 2 heterocycles. The summed E-state index contributed by atoms with van der Waals surface area (Å²) in [6.07, 6.45) is 3.83. The summed E-state index contributed by atoms with van der Waals surface area (Å²) in [7, 11) is 0. The second-order valence-electron chi connectivity index (χ2n) is 8.92. The molecule has 35 heavy (non-hydrogen) atoms. The molecule has 0 bridgehead atoms. The van der Waals surface area contributed by atoms with Crippen molar-refractivity contribution in [3.63, 3.8) is 0 Å². The maximum atomic E-state index is 13.4. The van der Waals surface area contributed by atoms with Gasteiger partial charge in [0.1, 0.15) is 0 Å². The summed E-state index contributed by atoms with van der Waals surface area (Å²) in [6, 6.07) is 22.8. The van der Waals surface area contributed by atoms with E-state index in [0.717, 1.165) is 36.3 Å². The van der Waals surface area contributed by atoms with Crippen molar-refractivity contribution >= 4 is 23.6 Å². The number of benzene rings is 3. The minimum absolute atomic E-state index is 0.100. The van der Waals surface area contributed by atoms with Crippen molar-refractivity contribution in [3.8, 4) is 5.75 Å². The predicted molar refractivity (Wildman–Crippen MR) is 135 cm³/mol. The first-order chi connectivity index (χ1) is 17.1. The molecule has 2 amide bonds. The minimum atomic E-state index is -0.206. The fourth-order valence-electron chi connectivity index (χ4n) is 4.29. The Labute approximate surface area is 205 Å². The second-order valence-corrected chi connectivity index (χ2v) is 8.92. The number of hydrogen-bond donors (Lipinski definition) is 1. The van der Waals surface area contributed by atoms with Crippen molar-refractivity contribution in [1.29, 1.82) is 0 Å². The summed E-state index contributed by atoms with van der Waals surface area (Å²) in [5, 5.41) is 2.93. The molecular formula is C29H28N2O4. The number of para-hydroxylation sites is 2. The van der Waals surface area contributed by atoms with Crippen LogP contribution in [0.1, 0.15) is 39.9 Å². The Morgan fingerprint density at radius 1 is 1.06 bits per heavy atom. The first kappa shape index (κ1) is 22.9. The Hall–Kier alpha value is -3.90. The van der Waals surface area contributed by atoms with E-state index in [1.807, 2.05) is 67.6 Å². The van der Waals surface area contributed by atoms with E-state index < -0.39 is 0 Å². The first-order valence-electron chi connectivity index (χ1n) is 11.9. The van der Waals surface area contributed by atoms with E-state index in [1.54, 1.807) is 23.1 Å². The molecule has 1 N–H and O–H groups in total. The maximum Gasteiger partial charge on any atom is 0.294 e. The van der Waals surface area contributed by atoms with Crippen LogP contribution in [-0.2, 0) is 16.1 Å². The third kappa shape index (κ3) is 5.28. The SMILES string of the molecule is Cc1ccc(CN2C(=O)C(=Cc3ccc(C(=O)NCC4CCCO4)cc3)Oc3ccccc32)cc1. The van der Waals surface area contributed by atoms with Gasteiger partial charge in [0.15, 0.2) is 11.5 Å². The van der Waals surface area contributed by atoms with Crippen molar-refractivity contribution in [2.75, 3.05) is 18.1 Å². The number of amides is 2. The number of carbonyl (C=O) groups is 2. The molecule has 5 rings (SSSR count). The van der Waals surface area contributed by atoms with Crippen LogP contribution in [0.2, 0.25) is 0 Å². The van der Waals surface area contributed by atoms with E-state index in [-0.39, 0.29) is 23.7 Å². The van der Waals surface area contributed by atoms with Crippen LogP contribution < -0.4 is 15.0 Å². The molecule has 178 valence electrons. The Kier molecular flexibility index (Phi) is 6.64. The van der Waals surface area contributed by atoms with Crippen molar-refractivity contribution in [3.05, 3.63) is 101 Å². The standard InChI is InChI=1S/C29H28N2O4/c1-20-8-10-22(11-9-20)19-31-25-6-2-3-7-26(25)35-27(29(31)33)17-21-12-14-23(15-13-21)28(32)30-18-24-5-4-16-34-24/h2-3,6-15,17,24H,4-5,16,18-19H2,1H3,(H,30,32). The number of aryl methyl sites for hydroxylation is 1. The molecule has 3 aromatic rings. The number of nitrogens with zero attached hydrogens (tertiary/aromatic N) is 1. The molecule has 1 unspecified atom stereocenters. The largest absolute Gasteiger partial charge is 0.449 e. The molecule has 1 saturated heterocycles. The zero-order chi connectivity index (χ0) is 24.2. The van der Waals surface area contributed by atoms with Crippen LogP contribution in [0.4, 0.5) is 5.69 Å². The highest BCUT2D eigenvalue weighted by molar-refractivity contribution is 6.09. The lowest BCUT2D eigenvalue weighted by atomic mass is 10.1.